The Morgan fingerprint density at radius 2 is 1.97 bits per heavy atom. The first-order valence-corrected chi connectivity index (χ1v) is 9.49. The van der Waals surface area contributed by atoms with E-state index in [4.69, 9.17) is 0 Å². The van der Waals surface area contributed by atoms with E-state index in [1.807, 2.05) is 18.5 Å². The quantitative estimate of drug-likeness (QED) is 0.448. The summed E-state index contributed by atoms with van der Waals surface area (Å²) in [5.74, 6) is 0.909. The lowest BCUT2D eigenvalue weighted by molar-refractivity contribution is -0.138. The summed E-state index contributed by atoms with van der Waals surface area (Å²) in [6, 6.07) is 2.86. The van der Waals surface area contributed by atoms with Crippen molar-refractivity contribution in [3.8, 4) is 0 Å². The topological polar surface area (TPSA) is 67.1 Å². The van der Waals surface area contributed by atoms with Gasteiger partial charge < -0.3 is 15.2 Å². The summed E-state index contributed by atoms with van der Waals surface area (Å²) in [6.45, 7) is 1.93. The molecular formula is C19H24F4N6. The summed E-state index contributed by atoms with van der Waals surface area (Å²) in [5, 5.41) is 14.5. The fraction of sp³-hybridized carbons (Fsp3) is 0.526. The molecule has 0 aliphatic heterocycles. The zero-order valence-corrected chi connectivity index (χ0v) is 16.4. The van der Waals surface area contributed by atoms with Crippen molar-refractivity contribution in [3.05, 3.63) is 46.8 Å². The van der Waals surface area contributed by atoms with Crippen molar-refractivity contribution in [2.75, 3.05) is 0 Å². The van der Waals surface area contributed by atoms with Crippen LogP contribution in [0.3, 0.4) is 0 Å². The van der Waals surface area contributed by atoms with Gasteiger partial charge in [-0.25, -0.2) is 9.38 Å². The Bertz CT molecular complexity index is 868. The second kappa shape index (κ2) is 8.79. The summed E-state index contributed by atoms with van der Waals surface area (Å²) in [6.07, 6.45) is -0.481. The molecule has 1 heterocycles. The smallest absolute Gasteiger partial charge is 0.354 e. The van der Waals surface area contributed by atoms with Crippen LogP contribution < -0.4 is 10.6 Å². The van der Waals surface area contributed by atoms with E-state index in [0.29, 0.717) is 24.4 Å². The molecule has 0 spiro atoms. The molecule has 1 aromatic carbocycles. The minimum absolute atomic E-state index is 0.0825. The van der Waals surface area contributed by atoms with Crippen LogP contribution in [0.15, 0.2) is 23.2 Å². The molecule has 0 radical (unpaired) electrons. The van der Waals surface area contributed by atoms with Crippen LogP contribution in [0.5, 0.6) is 0 Å². The van der Waals surface area contributed by atoms with E-state index in [9.17, 15) is 17.6 Å². The molecule has 6 nitrogen and oxygen atoms in total. The number of alkyl halides is 3. The molecule has 29 heavy (non-hydrogen) atoms. The summed E-state index contributed by atoms with van der Waals surface area (Å²) in [4.78, 5) is 4.33. The van der Waals surface area contributed by atoms with Gasteiger partial charge in [0.15, 0.2) is 11.8 Å². The van der Waals surface area contributed by atoms with Crippen molar-refractivity contribution in [2.45, 2.75) is 57.9 Å². The molecule has 2 aromatic rings. The first-order chi connectivity index (χ1) is 13.7. The molecule has 3 rings (SSSR count). The second-order valence-electron chi connectivity index (χ2n) is 7.17. The van der Waals surface area contributed by atoms with Crippen molar-refractivity contribution in [1.82, 2.24) is 25.4 Å². The van der Waals surface area contributed by atoms with Gasteiger partial charge in [0.1, 0.15) is 11.6 Å². The predicted octanol–water partition coefficient (Wildman–Crippen LogP) is 3.46. The van der Waals surface area contributed by atoms with Crippen LogP contribution in [0.2, 0.25) is 0 Å². The van der Waals surface area contributed by atoms with E-state index in [1.54, 1.807) is 0 Å². The first kappa shape index (κ1) is 21.1. The number of guanidine groups is 1. The molecule has 1 aliphatic rings. The third-order valence-electron chi connectivity index (χ3n) is 5.08. The van der Waals surface area contributed by atoms with E-state index in [0.717, 1.165) is 43.6 Å². The molecule has 0 amide bonds. The highest BCUT2D eigenvalue weighted by Crippen LogP contribution is 2.32. The zero-order valence-electron chi connectivity index (χ0n) is 16.4. The molecule has 158 valence electrons. The van der Waals surface area contributed by atoms with Crippen LogP contribution in [0.4, 0.5) is 17.6 Å². The molecule has 1 saturated carbocycles. The number of hydrogen-bond donors (Lipinski definition) is 2. The van der Waals surface area contributed by atoms with Gasteiger partial charge in [0.05, 0.1) is 18.7 Å². The summed E-state index contributed by atoms with van der Waals surface area (Å²) in [7, 11) is 1.84. The minimum atomic E-state index is -4.64. The first-order valence-electron chi connectivity index (χ1n) is 9.49. The molecule has 1 aromatic heterocycles. The lowest BCUT2D eigenvalue weighted by Crippen LogP contribution is -2.42. The molecule has 10 heteroatoms. The SMILES string of the molecule is Cc1nnc(CNC(=NCc2ccc(F)cc2C(F)(F)F)NC2CCCC2)n1C. The van der Waals surface area contributed by atoms with Gasteiger partial charge in [0.2, 0.25) is 0 Å². The lowest BCUT2D eigenvalue weighted by atomic mass is 10.1. The van der Waals surface area contributed by atoms with Crippen LogP contribution >= 0.6 is 0 Å². The third kappa shape index (κ3) is 5.45. The molecule has 0 bridgehead atoms. The fourth-order valence-electron chi connectivity index (χ4n) is 3.30. The standard InChI is InChI=1S/C19H24F4N6/c1-12-27-28-17(29(12)2)11-25-18(26-15-5-3-4-6-15)24-10-13-7-8-14(20)9-16(13)19(21,22)23/h7-9,15H,3-6,10-11H2,1-2H3,(H2,24,25,26). The Kier molecular flexibility index (Phi) is 6.39. The number of aliphatic imine (C=N–C) groups is 1. The summed E-state index contributed by atoms with van der Waals surface area (Å²) in [5.41, 5.74) is -1.09. The van der Waals surface area contributed by atoms with Gasteiger partial charge in [-0.2, -0.15) is 13.2 Å². The largest absolute Gasteiger partial charge is 0.416 e. The maximum atomic E-state index is 13.3. The molecule has 0 saturated heterocycles. The van der Waals surface area contributed by atoms with Gasteiger partial charge in [-0.15, -0.1) is 10.2 Å². The Labute approximate surface area is 166 Å². The monoisotopic (exact) mass is 412 g/mol. The third-order valence-corrected chi connectivity index (χ3v) is 5.08. The number of halogens is 4. The molecule has 1 fully saturated rings. The number of aromatic nitrogens is 3. The number of nitrogens with one attached hydrogen (secondary N) is 2. The maximum Gasteiger partial charge on any atom is 0.416 e. The second-order valence-corrected chi connectivity index (χ2v) is 7.17. The zero-order chi connectivity index (χ0) is 21.0. The molecule has 2 N–H and O–H groups in total. The Hall–Kier alpha value is -2.65. The highest BCUT2D eigenvalue weighted by molar-refractivity contribution is 5.80. The Morgan fingerprint density at radius 1 is 1.24 bits per heavy atom. The average Bonchev–Trinajstić information content (AvgIpc) is 3.28. The van der Waals surface area contributed by atoms with Crippen LogP contribution in [0, 0.1) is 12.7 Å². The van der Waals surface area contributed by atoms with Crippen LogP contribution in [-0.4, -0.2) is 26.8 Å². The molecule has 1 aliphatic carbocycles. The van der Waals surface area contributed by atoms with E-state index in [2.05, 4.69) is 25.8 Å². The summed E-state index contributed by atoms with van der Waals surface area (Å²) >= 11 is 0. The average molecular weight is 412 g/mol. The molecular weight excluding hydrogens is 388 g/mol. The van der Waals surface area contributed by atoms with Crippen molar-refractivity contribution < 1.29 is 17.6 Å². The van der Waals surface area contributed by atoms with E-state index >= 15 is 0 Å². The number of hydrogen-bond acceptors (Lipinski definition) is 3. The van der Waals surface area contributed by atoms with Crippen molar-refractivity contribution in [2.24, 2.45) is 12.0 Å². The predicted molar refractivity (Wildman–Crippen MR) is 101 cm³/mol. The normalized spacial score (nSPS) is 15.7. The number of rotatable bonds is 5. The van der Waals surface area contributed by atoms with Crippen LogP contribution in [-0.2, 0) is 26.3 Å². The fourth-order valence-corrected chi connectivity index (χ4v) is 3.30. The van der Waals surface area contributed by atoms with Crippen molar-refractivity contribution >= 4 is 5.96 Å². The van der Waals surface area contributed by atoms with Crippen LogP contribution in [0.25, 0.3) is 0 Å². The van der Waals surface area contributed by atoms with E-state index in [-0.39, 0.29) is 18.2 Å². The molecule has 0 unspecified atom stereocenters. The Morgan fingerprint density at radius 3 is 2.59 bits per heavy atom. The van der Waals surface area contributed by atoms with Crippen molar-refractivity contribution in [3.63, 3.8) is 0 Å². The van der Waals surface area contributed by atoms with E-state index < -0.39 is 17.6 Å². The minimum Gasteiger partial charge on any atom is -0.354 e. The van der Waals surface area contributed by atoms with Gasteiger partial charge in [-0.1, -0.05) is 18.9 Å². The highest BCUT2D eigenvalue weighted by Gasteiger charge is 2.33. The number of benzene rings is 1. The Balaban J connectivity index is 1.78. The lowest BCUT2D eigenvalue weighted by Gasteiger charge is -2.18. The molecule has 0 atom stereocenters. The van der Waals surface area contributed by atoms with Gasteiger partial charge >= 0.3 is 6.18 Å². The van der Waals surface area contributed by atoms with Gasteiger partial charge in [-0.05, 0) is 37.5 Å². The summed E-state index contributed by atoms with van der Waals surface area (Å²) < 4.78 is 54.8. The number of nitrogens with zero attached hydrogens (tertiary/aromatic N) is 4. The van der Waals surface area contributed by atoms with E-state index in [1.165, 1.54) is 0 Å². The maximum absolute atomic E-state index is 13.3. The number of aryl methyl sites for hydroxylation is 1. The van der Waals surface area contributed by atoms with Crippen LogP contribution in [0.1, 0.15) is 48.5 Å². The van der Waals surface area contributed by atoms with Gasteiger partial charge in [0, 0.05) is 13.1 Å². The van der Waals surface area contributed by atoms with Gasteiger partial charge in [-0.3, -0.25) is 0 Å². The highest BCUT2D eigenvalue weighted by atomic mass is 19.4. The van der Waals surface area contributed by atoms with Crippen molar-refractivity contribution in [1.29, 1.82) is 0 Å². The van der Waals surface area contributed by atoms with Gasteiger partial charge in [0.25, 0.3) is 0 Å².